The molecule has 0 radical (unpaired) electrons. The fourth-order valence-corrected chi connectivity index (χ4v) is 4.65. The average Bonchev–Trinajstić information content (AvgIpc) is 3.11. The zero-order valence-corrected chi connectivity index (χ0v) is 18.6. The van der Waals surface area contributed by atoms with Gasteiger partial charge in [-0.15, -0.1) is 0 Å². The Hall–Kier alpha value is -3.49. The second-order valence-corrected chi connectivity index (χ2v) is 8.43. The Balaban J connectivity index is 1.62. The molecule has 3 aromatic rings. The van der Waals surface area contributed by atoms with Gasteiger partial charge in [-0.25, -0.2) is 9.59 Å². The first-order chi connectivity index (χ1) is 16.2. The van der Waals surface area contributed by atoms with E-state index >= 15 is 0 Å². The molecule has 1 unspecified atom stereocenters. The number of alkyl halides is 3. The predicted molar refractivity (Wildman–Crippen MR) is 119 cm³/mol. The summed E-state index contributed by atoms with van der Waals surface area (Å²) >= 11 is 0. The van der Waals surface area contributed by atoms with Crippen LogP contribution >= 0.6 is 0 Å². The number of benzene rings is 2. The first kappa shape index (κ1) is 23.7. The highest BCUT2D eigenvalue weighted by atomic mass is 19.4. The van der Waals surface area contributed by atoms with E-state index in [0.717, 1.165) is 17.7 Å². The lowest BCUT2D eigenvalue weighted by Gasteiger charge is -2.26. The van der Waals surface area contributed by atoms with Gasteiger partial charge in [0.2, 0.25) is 0 Å². The molecule has 4 rings (SSSR count). The number of halogens is 3. The highest BCUT2D eigenvalue weighted by Gasteiger charge is 2.34. The van der Waals surface area contributed by atoms with Crippen molar-refractivity contribution in [2.24, 2.45) is 0 Å². The molecule has 0 aliphatic heterocycles. The normalized spacial score (nSPS) is 16.6. The molecule has 9 heteroatoms. The lowest BCUT2D eigenvalue weighted by molar-refractivity contribution is -0.141. The first-order valence-electron chi connectivity index (χ1n) is 11.1. The van der Waals surface area contributed by atoms with Gasteiger partial charge in [-0.2, -0.15) is 13.2 Å². The Morgan fingerprint density at radius 3 is 2.59 bits per heavy atom. The molecule has 2 aromatic carbocycles. The number of aliphatic carboxylic acids is 1. The van der Waals surface area contributed by atoms with Gasteiger partial charge in [-0.1, -0.05) is 37.3 Å². The molecule has 0 fully saturated rings. The van der Waals surface area contributed by atoms with Crippen molar-refractivity contribution in [2.75, 3.05) is 0 Å². The number of fused-ring (bicyclic) bond motifs is 3. The molecule has 6 nitrogen and oxygen atoms in total. The number of nitrogens with zero attached hydrogens (tertiary/aromatic N) is 1. The van der Waals surface area contributed by atoms with E-state index in [1.807, 2.05) is 30.3 Å². The van der Waals surface area contributed by atoms with E-state index in [9.17, 15) is 27.9 Å². The molecule has 1 aromatic heterocycles. The Kier molecular flexibility index (Phi) is 6.54. The molecule has 0 bridgehead atoms. The Morgan fingerprint density at radius 2 is 1.94 bits per heavy atom. The second kappa shape index (κ2) is 9.40. The maximum absolute atomic E-state index is 13.4. The molecule has 34 heavy (non-hydrogen) atoms. The van der Waals surface area contributed by atoms with Crippen molar-refractivity contribution in [1.29, 1.82) is 0 Å². The Bertz CT molecular complexity index is 1200. The van der Waals surface area contributed by atoms with Crippen LogP contribution in [0.3, 0.4) is 0 Å². The number of aromatic nitrogens is 1. The third-order valence-electron chi connectivity index (χ3n) is 6.25. The first-order valence-corrected chi connectivity index (χ1v) is 11.1. The number of nitrogens with one attached hydrogen (secondary N) is 1. The van der Waals surface area contributed by atoms with E-state index in [4.69, 9.17) is 4.74 Å². The molecular formula is C25H25F3N2O4. The number of carbonyl (C=O) groups is 2. The maximum atomic E-state index is 13.4. The minimum atomic E-state index is -4.52. The molecule has 2 atom stereocenters. The van der Waals surface area contributed by atoms with Crippen LogP contribution in [-0.4, -0.2) is 27.8 Å². The van der Waals surface area contributed by atoms with Crippen LogP contribution in [0.5, 0.6) is 0 Å². The standard InChI is InChI=1S/C25H25F3N2O4/c1-2-20(23(31)32)30-21-10-8-16(25(26,27)28)12-18(21)19-13-17(9-11-22(19)30)29-24(33)34-14-15-6-4-3-5-7-15/h3-8,10,12,17,20H,2,9,11,13-14H2,1H3,(H,29,33)(H,31,32)/t17-,20?/m0/s1. The van der Waals surface area contributed by atoms with E-state index in [0.29, 0.717) is 41.4 Å². The number of carboxylic acid groups (broad SMARTS) is 1. The van der Waals surface area contributed by atoms with Crippen LogP contribution in [0.25, 0.3) is 10.9 Å². The second-order valence-electron chi connectivity index (χ2n) is 8.43. The third-order valence-corrected chi connectivity index (χ3v) is 6.25. The van der Waals surface area contributed by atoms with Crippen LogP contribution in [0, 0.1) is 0 Å². The molecule has 1 aliphatic carbocycles. The van der Waals surface area contributed by atoms with Gasteiger partial charge in [0, 0.05) is 22.6 Å². The van der Waals surface area contributed by atoms with Gasteiger partial charge in [-0.05, 0) is 55.0 Å². The van der Waals surface area contributed by atoms with E-state index in [2.05, 4.69) is 5.32 Å². The molecule has 0 saturated carbocycles. The number of carbonyl (C=O) groups excluding carboxylic acids is 1. The highest BCUT2D eigenvalue weighted by molar-refractivity contribution is 5.89. The summed E-state index contributed by atoms with van der Waals surface area (Å²) in [5.41, 5.74) is 1.85. The summed E-state index contributed by atoms with van der Waals surface area (Å²) in [7, 11) is 0. The summed E-state index contributed by atoms with van der Waals surface area (Å²) in [6, 6.07) is 11.4. The Morgan fingerprint density at radius 1 is 1.21 bits per heavy atom. The minimum absolute atomic E-state index is 0.107. The van der Waals surface area contributed by atoms with E-state index in [1.165, 1.54) is 6.07 Å². The van der Waals surface area contributed by atoms with Gasteiger partial charge in [-0.3, -0.25) is 0 Å². The largest absolute Gasteiger partial charge is 0.480 e. The molecule has 2 N–H and O–H groups in total. The number of alkyl carbamates (subject to hydrolysis) is 1. The third kappa shape index (κ3) is 4.73. The summed E-state index contributed by atoms with van der Waals surface area (Å²) in [6.45, 7) is 1.84. The number of ether oxygens (including phenoxy) is 1. The lowest BCUT2D eigenvalue weighted by atomic mass is 9.91. The topological polar surface area (TPSA) is 80.6 Å². The van der Waals surface area contributed by atoms with Gasteiger partial charge in [0.1, 0.15) is 12.6 Å². The zero-order chi connectivity index (χ0) is 24.5. The van der Waals surface area contributed by atoms with Gasteiger partial charge < -0.3 is 19.7 Å². The molecule has 180 valence electrons. The predicted octanol–water partition coefficient (Wildman–Crippen LogP) is 5.48. The SMILES string of the molecule is CCC(C(=O)O)n1c2c(c3cc(C(F)(F)F)ccc31)C[C@@H](NC(=O)OCc1ccccc1)CC2. The van der Waals surface area contributed by atoms with Crippen molar-refractivity contribution in [3.63, 3.8) is 0 Å². The smallest absolute Gasteiger partial charge is 0.416 e. The van der Waals surface area contributed by atoms with Gasteiger partial charge >= 0.3 is 18.2 Å². The lowest BCUT2D eigenvalue weighted by Crippen LogP contribution is -2.39. The van der Waals surface area contributed by atoms with Crippen LogP contribution in [0.4, 0.5) is 18.0 Å². The zero-order valence-electron chi connectivity index (χ0n) is 18.6. The van der Waals surface area contributed by atoms with Gasteiger partial charge in [0.15, 0.2) is 0 Å². The van der Waals surface area contributed by atoms with Crippen molar-refractivity contribution in [2.45, 2.75) is 57.5 Å². The van der Waals surface area contributed by atoms with Crippen molar-refractivity contribution < 1.29 is 32.6 Å². The van der Waals surface area contributed by atoms with Gasteiger partial charge in [0.05, 0.1) is 5.56 Å². The molecule has 1 amide bonds. The fourth-order valence-electron chi connectivity index (χ4n) is 4.65. The minimum Gasteiger partial charge on any atom is -0.480 e. The van der Waals surface area contributed by atoms with Crippen LogP contribution in [0.1, 0.15) is 48.2 Å². The maximum Gasteiger partial charge on any atom is 0.416 e. The number of hydrogen-bond donors (Lipinski definition) is 2. The fraction of sp³-hybridized carbons (Fsp3) is 0.360. The molecular weight excluding hydrogens is 449 g/mol. The summed E-state index contributed by atoms with van der Waals surface area (Å²) in [6.07, 6.45) is -3.59. The van der Waals surface area contributed by atoms with Crippen molar-refractivity contribution >= 4 is 23.0 Å². The van der Waals surface area contributed by atoms with Crippen molar-refractivity contribution in [3.8, 4) is 0 Å². The van der Waals surface area contributed by atoms with Crippen molar-refractivity contribution in [1.82, 2.24) is 9.88 Å². The van der Waals surface area contributed by atoms with Gasteiger partial charge in [0.25, 0.3) is 0 Å². The quantitative estimate of drug-likeness (QED) is 0.496. The summed E-state index contributed by atoms with van der Waals surface area (Å²) in [4.78, 5) is 24.2. The summed E-state index contributed by atoms with van der Waals surface area (Å²) in [5, 5.41) is 12.9. The highest BCUT2D eigenvalue weighted by Crippen LogP contribution is 2.39. The Labute approximate surface area is 194 Å². The van der Waals surface area contributed by atoms with E-state index < -0.39 is 29.8 Å². The average molecular weight is 474 g/mol. The number of carboxylic acids is 1. The van der Waals surface area contributed by atoms with Crippen LogP contribution in [0.2, 0.25) is 0 Å². The summed E-state index contributed by atoms with van der Waals surface area (Å²) in [5.74, 6) is -1.04. The molecule has 0 saturated heterocycles. The summed E-state index contributed by atoms with van der Waals surface area (Å²) < 4.78 is 47.2. The van der Waals surface area contributed by atoms with Crippen LogP contribution in [0.15, 0.2) is 48.5 Å². The van der Waals surface area contributed by atoms with Crippen molar-refractivity contribution in [3.05, 3.63) is 70.9 Å². The number of hydrogen-bond acceptors (Lipinski definition) is 3. The van der Waals surface area contributed by atoms with Crippen LogP contribution < -0.4 is 5.32 Å². The molecule has 1 heterocycles. The van der Waals surface area contributed by atoms with E-state index in [-0.39, 0.29) is 19.1 Å². The number of rotatable bonds is 6. The number of amides is 1. The molecule has 0 spiro atoms. The molecule has 1 aliphatic rings. The van der Waals surface area contributed by atoms with Crippen LogP contribution in [-0.2, 0) is 35.2 Å². The van der Waals surface area contributed by atoms with E-state index in [1.54, 1.807) is 11.5 Å². The monoisotopic (exact) mass is 474 g/mol.